The third kappa shape index (κ3) is 2.31. The molecule has 4 nitrogen and oxygen atoms in total. The molecule has 1 aromatic rings. The number of H-pyrrole nitrogens is 1. The average molecular weight is 208 g/mol. The zero-order chi connectivity index (χ0) is 10.8. The smallest absolute Gasteiger partial charge is 0.150 e. The summed E-state index contributed by atoms with van der Waals surface area (Å²) in [7, 11) is 0. The van der Waals surface area contributed by atoms with Gasteiger partial charge in [-0.05, 0) is 18.8 Å². The molecule has 1 aromatic heterocycles. The van der Waals surface area contributed by atoms with Crippen LogP contribution in [0.1, 0.15) is 38.3 Å². The minimum atomic E-state index is 0.379. The first-order valence-corrected chi connectivity index (χ1v) is 5.72. The summed E-state index contributed by atoms with van der Waals surface area (Å²) < 4.78 is 0. The Morgan fingerprint density at radius 2 is 2.13 bits per heavy atom. The van der Waals surface area contributed by atoms with E-state index in [1.54, 1.807) is 0 Å². The third-order valence-electron chi connectivity index (χ3n) is 3.07. The number of piperidine rings is 1. The van der Waals surface area contributed by atoms with Crippen molar-refractivity contribution in [2.75, 3.05) is 18.0 Å². The fourth-order valence-electron chi connectivity index (χ4n) is 1.91. The Kier molecular flexibility index (Phi) is 2.95. The van der Waals surface area contributed by atoms with Gasteiger partial charge in [-0.1, -0.05) is 13.8 Å². The lowest BCUT2D eigenvalue weighted by Gasteiger charge is -2.29. The molecule has 0 unspecified atom stereocenters. The topological polar surface area (TPSA) is 57.9 Å². The third-order valence-corrected chi connectivity index (χ3v) is 3.07. The van der Waals surface area contributed by atoms with E-state index in [-0.39, 0.29) is 0 Å². The van der Waals surface area contributed by atoms with Gasteiger partial charge >= 0.3 is 0 Å². The van der Waals surface area contributed by atoms with Gasteiger partial charge in [0.2, 0.25) is 0 Å². The highest BCUT2D eigenvalue weighted by molar-refractivity contribution is 5.40. The molecule has 0 amide bonds. The van der Waals surface area contributed by atoms with Crippen molar-refractivity contribution in [1.29, 1.82) is 0 Å². The minimum absolute atomic E-state index is 0.379. The van der Waals surface area contributed by atoms with Gasteiger partial charge in [0.25, 0.3) is 0 Å². The molecule has 0 saturated carbocycles. The minimum Gasteiger partial charge on any atom is -0.355 e. The van der Waals surface area contributed by atoms with Gasteiger partial charge in [0, 0.05) is 30.9 Å². The zero-order valence-corrected chi connectivity index (χ0v) is 9.53. The van der Waals surface area contributed by atoms with Gasteiger partial charge in [-0.3, -0.25) is 5.10 Å². The van der Waals surface area contributed by atoms with Crippen molar-refractivity contribution in [1.82, 2.24) is 10.2 Å². The van der Waals surface area contributed by atoms with Crippen LogP contribution >= 0.6 is 0 Å². The Morgan fingerprint density at radius 3 is 2.67 bits per heavy atom. The van der Waals surface area contributed by atoms with E-state index in [1.807, 2.05) is 0 Å². The summed E-state index contributed by atoms with van der Waals surface area (Å²) in [5.74, 6) is 1.59. The van der Waals surface area contributed by atoms with E-state index in [9.17, 15) is 0 Å². The lowest BCUT2D eigenvalue weighted by molar-refractivity contribution is 0.498. The second-order valence-electron chi connectivity index (χ2n) is 4.66. The molecule has 0 bridgehead atoms. The van der Waals surface area contributed by atoms with Gasteiger partial charge in [-0.25, -0.2) is 0 Å². The molecule has 0 aliphatic carbocycles. The zero-order valence-electron chi connectivity index (χ0n) is 9.53. The molecule has 15 heavy (non-hydrogen) atoms. The molecule has 2 heterocycles. The summed E-state index contributed by atoms with van der Waals surface area (Å²) in [6.07, 6.45) is 2.15. The molecular weight excluding hydrogens is 188 g/mol. The number of hydrogen-bond acceptors (Lipinski definition) is 3. The number of aromatic nitrogens is 2. The molecular formula is C11H20N4. The van der Waals surface area contributed by atoms with Crippen LogP contribution in [0.5, 0.6) is 0 Å². The molecule has 0 atom stereocenters. The molecule has 4 heteroatoms. The van der Waals surface area contributed by atoms with Gasteiger partial charge in [0.05, 0.1) is 0 Å². The van der Waals surface area contributed by atoms with E-state index >= 15 is 0 Å². The van der Waals surface area contributed by atoms with Gasteiger partial charge in [0.15, 0.2) is 5.82 Å². The maximum Gasteiger partial charge on any atom is 0.150 e. The Morgan fingerprint density at radius 1 is 1.47 bits per heavy atom. The second-order valence-corrected chi connectivity index (χ2v) is 4.66. The van der Waals surface area contributed by atoms with Crippen LogP contribution in [0.4, 0.5) is 5.82 Å². The van der Waals surface area contributed by atoms with E-state index in [0.29, 0.717) is 12.0 Å². The molecule has 0 spiro atoms. The Bertz CT molecular complexity index is 310. The van der Waals surface area contributed by atoms with Crippen molar-refractivity contribution in [3.05, 3.63) is 11.8 Å². The largest absolute Gasteiger partial charge is 0.355 e. The molecule has 0 radical (unpaired) electrons. The van der Waals surface area contributed by atoms with Crippen LogP contribution in [0.3, 0.4) is 0 Å². The average Bonchev–Trinajstić information content (AvgIpc) is 2.68. The SMILES string of the molecule is CC(C)c1cc(N2CCC(N)CC2)n[nH]1. The van der Waals surface area contributed by atoms with Gasteiger partial charge in [-0.2, -0.15) is 5.10 Å². The Hall–Kier alpha value is -1.03. The number of hydrogen-bond donors (Lipinski definition) is 2. The van der Waals surface area contributed by atoms with Gasteiger partial charge < -0.3 is 10.6 Å². The summed E-state index contributed by atoms with van der Waals surface area (Å²) in [6.45, 7) is 6.40. The normalized spacial score (nSPS) is 18.8. The quantitative estimate of drug-likeness (QED) is 0.773. The molecule has 2 rings (SSSR count). The van der Waals surface area contributed by atoms with Crippen molar-refractivity contribution >= 4 is 5.82 Å². The predicted molar refractivity (Wildman–Crippen MR) is 62.1 cm³/mol. The maximum atomic E-state index is 5.87. The second kappa shape index (κ2) is 4.23. The summed E-state index contributed by atoms with van der Waals surface area (Å²) in [5, 5.41) is 7.44. The van der Waals surface area contributed by atoms with Gasteiger partial charge in [-0.15, -0.1) is 0 Å². The number of nitrogens with one attached hydrogen (secondary N) is 1. The Labute approximate surface area is 90.8 Å². The molecule has 1 saturated heterocycles. The lowest BCUT2D eigenvalue weighted by atomic mass is 10.1. The number of anilines is 1. The fraction of sp³-hybridized carbons (Fsp3) is 0.727. The first-order valence-electron chi connectivity index (χ1n) is 5.72. The van der Waals surface area contributed by atoms with Crippen molar-refractivity contribution in [3.8, 4) is 0 Å². The maximum absolute atomic E-state index is 5.87. The molecule has 1 fully saturated rings. The van der Waals surface area contributed by atoms with E-state index in [2.05, 4.69) is 35.0 Å². The number of nitrogens with zero attached hydrogens (tertiary/aromatic N) is 2. The highest BCUT2D eigenvalue weighted by atomic mass is 15.3. The van der Waals surface area contributed by atoms with E-state index in [0.717, 1.165) is 31.7 Å². The fourth-order valence-corrected chi connectivity index (χ4v) is 1.91. The highest BCUT2D eigenvalue weighted by Gasteiger charge is 2.18. The van der Waals surface area contributed by atoms with Crippen molar-refractivity contribution in [3.63, 3.8) is 0 Å². The monoisotopic (exact) mass is 208 g/mol. The summed E-state index contributed by atoms with van der Waals surface area (Å²) in [5.41, 5.74) is 7.08. The first-order chi connectivity index (χ1) is 7.16. The molecule has 3 N–H and O–H groups in total. The summed E-state index contributed by atoms with van der Waals surface area (Å²) >= 11 is 0. The number of rotatable bonds is 2. The van der Waals surface area contributed by atoms with E-state index in [1.165, 1.54) is 5.69 Å². The van der Waals surface area contributed by atoms with Crippen LogP contribution < -0.4 is 10.6 Å². The molecule has 1 aliphatic heterocycles. The van der Waals surface area contributed by atoms with Crippen LogP contribution in [-0.2, 0) is 0 Å². The van der Waals surface area contributed by atoms with E-state index < -0.39 is 0 Å². The van der Waals surface area contributed by atoms with Crippen LogP contribution in [-0.4, -0.2) is 29.3 Å². The number of aromatic amines is 1. The van der Waals surface area contributed by atoms with Crippen LogP contribution in [0, 0.1) is 0 Å². The molecule has 84 valence electrons. The van der Waals surface area contributed by atoms with Gasteiger partial charge in [0.1, 0.15) is 0 Å². The van der Waals surface area contributed by atoms with Crippen molar-refractivity contribution in [2.24, 2.45) is 5.73 Å². The molecule has 1 aliphatic rings. The van der Waals surface area contributed by atoms with E-state index in [4.69, 9.17) is 5.73 Å². The van der Waals surface area contributed by atoms with Crippen LogP contribution in [0.2, 0.25) is 0 Å². The highest BCUT2D eigenvalue weighted by Crippen LogP contribution is 2.21. The first kappa shape index (κ1) is 10.5. The summed E-state index contributed by atoms with van der Waals surface area (Å²) in [6, 6.07) is 2.53. The number of nitrogens with two attached hydrogens (primary N) is 1. The van der Waals surface area contributed by atoms with Crippen molar-refractivity contribution < 1.29 is 0 Å². The standard InChI is InChI=1S/C11H20N4/c1-8(2)10-7-11(14-13-10)15-5-3-9(12)4-6-15/h7-9H,3-6,12H2,1-2H3,(H,13,14). The molecule has 0 aromatic carbocycles. The lowest BCUT2D eigenvalue weighted by Crippen LogP contribution is -2.39. The van der Waals surface area contributed by atoms with Crippen LogP contribution in [0.15, 0.2) is 6.07 Å². The predicted octanol–water partition coefficient (Wildman–Crippen LogP) is 1.46. The summed E-state index contributed by atoms with van der Waals surface area (Å²) in [4.78, 5) is 2.31. The Balaban J connectivity index is 2.03. The van der Waals surface area contributed by atoms with Crippen molar-refractivity contribution in [2.45, 2.75) is 38.6 Å². The van der Waals surface area contributed by atoms with Crippen LogP contribution in [0.25, 0.3) is 0 Å².